The van der Waals surface area contributed by atoms with Gasteiger partial charge < -0.3 is 9.73 Å². The molecule has 2 atom stereocenters. The number of rotatable bonds is 1. The van der Waals surface area contributed by atoms with Gasteiger partial charge in [0.15, 0.2) is 5.58 Å². The molecule has 1 fully saturated rings. The lowest BCUT2D eigenvalue weighted by molar-refractivity contribution is 0.540. The zero-order valence-electron chi connectivity index (χ0n) is 9.52. The van der Waals surface area contributed by atoms with Crippen molar-refractivity contribution in [2.24, 2.45) is 5.92 Å². The summed E-state index contributed by atoms with van der Waals surface area (Å²) < 4.78 is 5.89. The number of hydrogen-bond acceptors (Lipinski definition) is 3. The van der Waals surface area contributed by atoms with Crippen LogP contribution in [0.25, 0.3) is 16.7 Å². The Hall–Kier alpha value is -1.61. The van der Waals surface area contributed by atoms with Gasteiger partial charge in [-0.3, -0.25) is 4.98 Å². The summed E-state index contributed by atoms with van der Waals surface area (Å²) in [5.74, 6) is 1.76. The van der Waals surface area contributed by atoms with Gasteiger partial charge in [-0.05, 0) is 37.4 Å². The van der Waals surface area contributed by atoms with Crippen molar-refractivity contribution in [1.82, 2.24) is 10.3 Å². The number of hydrogen-bond donors (Lipinski definition) is 1. The third-order valence-corrected chi connectivity index (χ3v) is 3.90. The zero-order valence-corrected chi connectivity index (χ0v) is 9.52. The molecule has 0 spiro atoms. The molecule has 0 radical (unpaired) electrons. The van der Waals surface area contributed by atoms with E-state index in [9.17, 15) is 0 Å². The van der Waals surface area contributed by atoms with Crippen LogP contribution in [0.2, 0.25) is 0 Å². The first kappa shape index (κ1) is 9.42. The van der Waals surface area contributed by atoms with E-state index in [1.165, 1.54) is 18.4 Å². The number of fused-ring (bicyclic) bond motifs is 2. The van der Waals surface area contributed by atoms with E-state index in [-0.39, 0.29) is 0 Å². The first-order valence-electron chi connectivity index (χ1n) is 6.20. The number of furan rings is 1. The molecule has 0 bridgehead atoms. The maximum atomic E-state index is 5.89. The van der Waals surface area contributed by atoms with Crippen LogP contribution in [-0.2, 0) is 0 Å². The number of nitrogens with one attached hydrogen (secondary N) is 1. The van der Waals surface area contributed by atoms with Gasteiger partial charge in [0.05, 0.1) is 0 Å². The van der Waals surface area contributed by atoms with Gasteiger partial charge >= 0.3 is 0 Å². The Kier molecular flexibility index (Phi) is 1.91. The molecule has 1 aliphatic heterocycles. The van der Waals surface area contributed by atoms with Gasteiger partial charge in [-0.1, -0.05) is 6.08 Å². The molecule has 4 rings (SSSR count). The molecule has 1 N–H and O–H groups in total. The molecule has 1 aliphatic carbocycles. The summed E-state index contributed by atoms with van der Waals surface area (Å²) in [5.41, 5.74) is 3.15. The van der Waals surface area contributed by atoms with Gasteiger partial charge in [0.2, 0.25) is 0 Å². The lowest BCUT2D eigenvalue weighted by Crippen LogP contribution is -2.24. The van der Waals surface area contributed by atoms with E-state index in [0.29, 0.717) is 6.04 Å². The third kappa shape index (κ3) is 1.35. The average molecular weight is 226 g/mol. The lowest BCUT2D eigenvalue weighted by atomic mass is 9.99. The molecule has 0 aromatic carbocycles. The van der Waals surface area contributed by atoms with Gasteiger partial charge in [0.25, 0.3) is 0 Å². The second kappa shape index (κ2) is 3.44. The maximum Gasteiger partial charge on any atom is 0.153 e. The smallest absolute Gasteiger partial charge is 0.153 e. The summed E-state index contributed by atoms with van der Waals surface area (Å²) in [5, 5.41) is 3.56. The first-order chi connectivity index (χ1) is 8.42. The summed E-state index contributed by atoms with van der Waals surface area (Å²) in [7, 11) is 0. The van der Waals surface area contributed by atoms with Crippen LogP contribution < -0.4 is 5.32 Å². The molecule has 3 heterocycles. The van der Waals surface area contributed by atoms with Crippen molar-refractivity contribution in [3.63, 3.8) is 0 Å². The summed E-state index contributed by atoms with van der Waals surface area (Å²) in [4.78, 5) is 4.32. The Morgan fingerprint density at radius 1 is 1.41 bits per heavy atom. The summed E-state index contributed by atoms with van der Waals surface area (Å²) in [6.07, 6.45) is 6.58. The highest BCUT2D eigenvalue weighted by Crippen LogP contribution is 2.38. The van der Waals surface area contributed by atoms with E-state index in [0.717, 1.165) is 29.3 Å². The first-order valence-corrected chi connectivity index (χ1v) is 6.20. The van der Waals surface area contributed by atoms with Crippen LogP contribution in [0, 0.1) is 5.92 Å². The van der Waals surface area contributed by atoms with E-state index >= 15 is 0 Å². The van der Waals surface area contributed by atoms with Gasteiger partial charge in [-0.25, -0.2) is 0 Å². The Morgan fingerprint density at radius 3 is 3.35 bits per heavy atom. The minimum atomic E-state index is 0.496. The highest BCUT2D eigenvalue weighted by Gasteiger charge is 2.35. The van der Waals surface area contributed by atoms with E-state index in [1.54, 1.807) is 6.20 Å². The Labute approximate surface area is 99.5 Å². The Bertz CT molecular complexity index is 566. The summed E-state index contributed by atoms with van der Waals surface area (Å²) >= 11 is 0. The monoisotopic (exact) mass is 226 g/mol. The molecule has 2 aliphatic rings. The van der Waals surface area contributed by atoms with Crippen LogP contribution in [0.3, 0.4) is 0 Å². The lowest BCUT2D eigenvalue weighted by Gasteiger charge is -2.12. The molecule has 0 saturated carbocycles. The average Bonchev–Trinajstić information content (AvgIpc) is 3.02. The normalized spacial score (nSPS) is 27.4. The van der Waals surface area contributed by atoms with Gasteiger partial charge in [0.1, 0.15) is 11.3 Å². The second-order valence-electron chi connectivity index (χ2n) is 4.87. The summed E-state index contributed by atoms with van der Waals surface area (Å²) in [6, 6.07) is 6.44. The van der Waals surface area contributed by atoms with E-state index in [4.69, 9.17) is 4.42 Å². The van der Waals surface area contributed by atoms with E-state index < -0.39 is 0 Å². The second-order valence-corrected chi connectivity index (χ2v) is 4.87. The van der Waals surface area contributed by atoms with E-state index in [2.05, 4.69) is 22.4 Å². The maximum absolute atomic E-state index is 5.89. The SMILES string of the molecule is C1=C(c2cc3ncccc3o2)C2NCCC2C1. The van der Waals surface area contributed by atoms with Gasteiger partial charge in [-0.2, -0.15) is 0 Å². The highest BCUT2D eigenvalue weighted by molar-refractivity contribution is 5.80. The molecule has 3 heteroatoms. The van der Waals surface area contributed by atoms with Gasteiger partial charge in [-0.15, -0.1) is 0 Å². The van der Waals surface area contributed by atoms with Crippen molar-refractivity contribution in [2.75, 3.05) is 6.54 Å². The van der Waals surface area contributed by atoms with Crippen LogP contribution in [0.4, 0.5) is 0 Å². The molecule has 0 amide bonds. The molecule has 2 aromatic heterocycles. The van der Waals surface area contributed by atoms with Crippen molar-refractivity contribution in [3.8, 4) is 0 Å². The van der Waals surface area contributed by atoms with Crippen molar-refractivity contribution in [3.05, 3.63) is 36.2 Å². The van der Waals surface area contributed by atoms with Crippen molar-refractivity contribution in [1.29, 1.82) is 0 Å². The molecule has 1 saturated heterocycles. The number of allylic oxidation sites excluding steroid dienone is 1. The van der Waals surface area contributed by atoms with Gasteiger partial charge in [0, 0.05) is 23.9 Å². The minimum Gasteiger partial charge on any atom is -0.455 e. The molecular formula is C14H14N2O. The number of aromatic nitrogens is 1. The topological polar surface area (TPSA) is 38.1 Å². The largest absolute Gasteiger partial charge is 0.455 e. The van der Waals surface area contributed by atoms with Crippen molar-refractivity contribution < 1.29 is 4.42 Å². The molecule has 86 valence electrons. The quantitative estimate of drug-likeness (QED) is 0.812. The molecule has 2 aromatic rings. The number of pyridine rings is 1. The zero-order chi connectivity index (χ0) is 11.2. The fourth-order valence-electron chi connectivity index (χ4n) is 3.05. The van der Waals surface area contributed by atoms with Crippen LogP contribution in [0.15, 0.2) is 34.9 Å². The van der Waals surface area contributed by atoms with Crippen molar-refractivity contribution >= 4 is 16.7 Å². The van der Waals surface area contributed by atoms with Crippen LogP contribution >= 0.6 is 0 Å². The predicted octanol–water partition coefficient (Wildman–Crippen LogP) is 2.59. The van der Waals surface area contributed by atoms with Crippen LogP contribution in [0.1, 0.15) is 18.6 Å². The molecule has 3 nitrogen and oxygen atoms in total. The van der Waals surface area contributed by atoms with Crippen molar-refractivity contribution in [2.45, 2.75) is 18.9 Å². The molecule has 17 heavy (non-hydrogen) atoms. The number of nitrogens with zero attached hydrogens (tertiary/aromatic N) is 1. The molecule has 2 unspecified atom stereocenters. The summed E-state index contributed by atoms with van der Waals surface area (Å²) in [6.45, 7) is 1.13. The van der Waals surface area contributed by atoms with Crippen LogP contribution in [-0.4, -0.2) is 17.6 Å². The fourth-order valence-corrected chi connectivity index (χ4v) is 3.05. The minimum absolute atomic E-state index is 0.496. The predicted molar refractivity (Wildman–Crippen MR) is 66.5 cm³/mol. The van der Waals surface area contributed by atoms with E-state index in [1.807, 2.05) is 12.1 Å². The fraction of sp³-hybridized carbons (Fsp3) is 0.357. The van der Waals surface area contributed by atoms with Crippen LogP contribution in [0.5, 0.6) is 0 Å². The third-order valence-electron chi connectivity index (χ3n) is 3.90. The highest BCUT2D eigenvalue weighted by atomic mass is 16.3. The molecular weight excluding hydrogens is 212 g/mol. The standard InChI is InChI=1S/C14H14N2O/c1-2-12-11(15-6-1)8-13(17-12)10-4-3-9-5-7-16-14(9)10/h1-2,4,6,8-9,14,16H,3,5,7H2. The Morgan fingerprint density at radius 2 is 2.41 bits per heavy atom. The Balaban J connectivity index is 1.79.